The van der Waals surface area contributed by atoms with Crippen molar-refractivity contribution < 1.29 is 0 Å². The summed E-state index contributed by atoms with van der Waals surface area (Å²) in [5, 5.41) is 2.46. The van der Waals surface area contributed by atoms with Crippen LogP contribution in [0.25, 0.3) is 46.4 Å². The van der Waals surface area contributed by atoms with Crippen LogP contribution in [0.5, 0.6) is 0 Å². The highest BCUT2D eigenvalue weighted by atomic mass is 35.5. The van der Waals surface area contributed by atoms with Gasteiger partial charge in [-0.1, -0.05) is 95.0 Å². The highest BCUT2D eigenvalue weighted by molar-refractivity contribution is 6.34. The van der Waals surface area contributed by atoms with E-state index >= 15 is 0 Å². The molecule has 0 fully saturated rings. The molecule has 3 aromatic heterocycles. The van der Waals surface area contributed by atoms with Crippen molar-refractivity contribution in [2.75, 3.05) is 0 Å². The summed E-state index contributed by atoms with van der Waals surface area (Å²) < 4.78 is 0. The number of aromatic nitrogens is 4. The average Bonchev–Trinajstić information content (AvgIpc) is 3.95. The summed E-state index contributed by atoms with van der Waals surface area (Å²) in [6, 6.07) is 7.95. The van der Waals surface area contributed by atoms with E-state index in [1.54, 1.807) is 0 Å². The molecule has 4 unspecified atom stereocenters. The van der Waals surface area contributed by atoms with Crippen LogP contribution in [0.2, 0.25) is 0 Å². The molecular formula is C44H30Cl8N4. The quantitative estimate of drug-likeness (QED) is 0.177. The Bertz CT molecular complexity index is 2360. The van der Waals surface area contributed by atoms with E-state index in [0.29, 0.717) is 68.6 Å². The maximum atomic E-state index is 7.61. The van der Waals surface area contributed by atoms with Gasteiger partial charge in [0.25, 0.3) is 0 Å². The zero-order valence-corrected chi connectivity index (χ0v) is 35.3. The van der Waals surface area contributed by atoms with Gasteiger partial charge in [0.15, 0.2) is 0 Å². The molecule has 2 N–H and O–H groups in total. The standard InChI is InChI=1S/C44H30Cl8N4/c45-25-5-1-17-41(49,21-25)37-29-9-11-31(53-29)38(42(50)18-2-6-26(46)22-42)33-13-15-35(55-33)40(44(52)20-4-8-28(48)24-44)36-16-14-34(56-36)39(32-12-10-30(37)54-32)43(51)19-3-7-27(47)23-43/h1-20,53,56H,21-24H2. The lowest BCUT2D eigenvalue weighted by atomic mass is 9.89. The second-order valence-electron chi connectivity index (χ2n) is 14.6. The van der Waals surface area contributed by atoms with Crippen molar-refractivity contribution in [2.45, 2.75) is 45.2 Å². The van der Waals surface area contributed by atoms with E-state index in [2.05, 4.69) is 9.97 Å². The smallest absolute Gasteiger partial charge is 0.0968 e. The molecule has 3 aromatic rings. The number of aromatic amines is 2. The number of H-pyrrole nitrogens is 2. The van der Waals surface area contributed by atoms with Crippen LogP contribution in [-0.2, 0) is 19.5 Å². The number of allylic oxidation sites excluding steroid dienone is 16. The Morgan fingerprint density at radius 1 is 0.393 bits per heavy atom. The number of nitrogens with zero attached hydrogens (tertiary/aromatic N) is 2. The second kappa shape index (κ2) is 14.3. The molecule has 2 aliphatic heterocycles. The van der Waals surface area contributed by atoms with Gasteiger partial charge in [-0.3, -0.25) is 0 Å². The monoisotopic (exact) mass is 894 g/mol. The largest absolute Gasteiger partial charge is 0.355 e. The number of hydrogen-bond acceptors (Lipinski definition) is 2. The van der Waals surface area contributed by atoms with Gasteiger partial charge >= 0.3 is 0 Å². The Kier molecular flexibility index (Phi) is 9.79. The predicted molar refractivity (Wildman–Crippen MR) is 240 cm³/mol. The van der Waals surface area contributed by atoms with Crippen molar-refractivity contribution >= 4 is 139 Å². The van der Waals surface area contributed by atoms with Crippen LogP contribution in [0.4, 0.5) is 0 Å². The fraction of sp³-hybridized carbons (Fsp3) is 0.182. The van der Waals surface area contributed by atoms with E-state index in [4.69, 9.17) is 103 Å². The maximum absolute atomic E-state index is 7.61. The first-order valence-corrected chi connectivity index (χ1v) is 20.9. The second-order valence-corrected chi connectivity index (χ2v) is 19.2. The molecule has 0 amide bonds. The van der Waals surface area contributed by atoms with E-state index < -0.39 is 19.5 Å². The van der Waals surface area contributed by atoms with E-state index in [0.717, 1.165) is 44.3 Å². The van der Waals surface area contributed by atoms with Crippen LogP contribution in [0.15, 0.2) is 117 Å². The van der Waals surface area contributed by atoms with Gasteiger partial charge in [0.05, 0.1) is 42.3 Å². The van der Waals surface area contributed by atoms with Gasteiger partial charge in [-0.25, -0.2) is 9.97 Å². The lowest BCUT2D eigenvalue weighted by molar-refractivity contribution is 0.745. The third-order valence-electron chi connectivity index (χ3n) is 10.7. The Morgan fingerprint density at radius 2 is 0.625 bits per heavy atom. The molecule has 0 radical (unpaired) electrons. The summed E-state index contributed by atoms with van der Waals surface area (Å²) in [7, 11) is 0. The minimum atomic E-state index is -1.06. The molecule has 4 atom stereocenters. The summed E-state index contributed by atoms with van der Waals surface area (Å²) in [5.41, 5.74) is 8.35. The molecule has 0 spiro atoms. The Labute approximate surface area is 363 Å². The van der Waals surface area contributed by atoms with E-state index in [-0.39, 0.29) is 0 Å². The van der Waals surface area contributed by atoms with Gasteiger partial charge in [-0.05, 0) is 72.9 Å². The summed E-state index contributed by atoms with van der Waals surface area (Å²) in [5.74, 6) is 0. The van der Waals surface area contributed by atoms with Gasteiger partial charge in [0.2, 0.25) is 0 Å². The molecule has 8 bridgehead atoms. The molecule has 0 saturated carbocycles. The molecule has 9 rings (SSSR count). The van der Waals surface area contributed by atoms with Gasteiger partial charge in [0.1, 0.15) is 0 Å². The van der Waals surface area contributed by atoms with E-state index in [1.165, 1.54) is 0 Å². The molecule has 0 saturated heterocycles. The molecule has 5 heterocycles. The predicted octanol–water partition coefficient (Wildman–Crippen LogP) is 14.7. The van der Waals surface area contributed by atoms with Crippen molar-refractivity contribution in [3.05, 3.63) is 162 Å². The lowest BCUT2D eigenvalue weighted by Crippen LogP contribution is -2.21. The van der Waals surface area contributed by atoms with Crippen LogP contribution >= 0.6 is 92.8 Å². The zero-order chi connectivity index (χ0) is 39.0. The fourth-order valence-corrected chi connectivity index (χ4v) is 11.4. The molecule has 6 aliphatic rings. The van der Waals surface area contributed by atoms with Gasteiger partial charge in [-0.15, -0.1) is 46.4 Å². The van der Waals surface area contributed by atoms with Crippen molar-refractivity contribution in [3.63, 3.8) is 0 Å². The third kappa shape index (κ3) is 6.74. The van der Waals surface area contributed by atoms with Crippen LogP contribution in [0, 0.1) is 0 Å². The summed E-state index contributed by atoms with van der Waals surface area (Å²) in [4.78, 5) is 13.8. The van der Waals surface area contributed by atoms with Crippen LogP contribution < -0.4 is 0 Å². The summed E-state index contributed by atoms with van der Waals surface area (Å²) in [6.07, 6.45) is 31.8. The molecular weight excluding hydrogens is 868 g/mol. The van der Waals surface area contributed by atoms with Crippen LogP contribution in [-0.4, -0.2) is 19.9 Å². The van der Waals surface area contributed by atoms with Crippen molar-refractivity contribution in [1.82, 2.24) is 19.9 Å². The number of hydrogen-bond donors (Lipinski definition) is 2. The SMILES string of the molecule is ClC1=CC=CC(Cl)(c2c3nc(c(C4(Cl)C=CC=C(Cl)C4)c4ccc([nH]4)c(C4(Cl)C=CC=C(Cl)C4)c4nc(c(C5(Cl)C=CC=C(Cl)C5)c5ccc2[nH]5)C=C4)C=C3)C1. The first-order chi connectivity index (χ1) is 26.8. The molecule has 4 aliphatic carbocycles. The van der Waals surface area contributed by atoms with E-state index in [1.807, 2.05) is 121 Å². The summed E-state index contributed by atoms with van der Waals surface area (Å²) >= 11 is 57.2. The fourth-order valence-electron chi connectivity index (χ4n) is 8.32. The van der Waals surface area contributed by atoms with Gasteiger partial charge in [0, 0.05) is 90.1 Å². The van der Waals surface area contributed by atoms with Crippen molar-refractivity contribution in [3.8, 4) is 0 Å². The van der Waals surface area contributed by atoms with E-state index in [9.17, 15) is 0 Å². The first kappa shape index (κ1) is 38.4. The Balaban J connectivity index is 1.46. The molecule has 56 heavy (non-hydrogen) atoms. The number of alkyl halides is 4. The molecule has 4 nitrogen and oxygen atoms in total. The molecule has 0 aromatic carbocycles. The zero-order valence-electron chi connectivity index (χ0n) is 29.3. The lowest BCUT2D eigenvalue weighted by Gasteiger charge is -2.28. The van der Waals surface area contributed by atoms with Crippen LogP contribution in [0.1, 0.15) is 70.7 Å². The van der Waals surface area contributed by atoms with Gasteiger partial charge < -0.3 is 9.97 Å². The minimum Gasteiger partial charge on any atom is -0.355 e. The number of rotatable bonds is 4. The highest BCUT2D eigenvalue weighted by Gasteiger charge is 2.39. The van der Waals surface area contributed by atoms with Crippen molar-refractivity contribution in [2.24, 2.45) is 0 Å². The number of nitrogens with one attached hydrogen (secondary N) is 2. The molecule has 12 heteroatoms. The first-order valence-electron chi connectivity index (χ1n) is 17.9. The Morgan fingerprint density at radius 3 is 0.839 bits per heavy atom. The minimum absolute atomic E-state index is 0.344. The highest BCUT2D eigenvalue weighted by Crippen LogP contribution is 2.50. The normalized spacial score (nSPS) is 28.0. The summed E-state index contributed by atoms with van der Waals surface area (Å²) in [6.45, 7) is 0. The van der Waals surface area contributed by atoms with Crippen LogP contribution in [0.3, 0.4) is 0 Å². The number of halogens is 8. The average molecular weight is 898 g/mol. The van der Waals surface area contributed by atoms with Crippen molar-refractivity contribution in [1.29, 1.82) is 0 Å². The maximum Gasteiger partial charge on any atom is 0.0968 e. The topological polar surface area (TPSA) is 57.4 Å². The van der Waals surface area contributed by atoms with Gasteiger partial charge in [-0.2, -0.15) is 0 Å². The number of fused-ring (bicyclic) bond motifs is 8. The molecule has 282 valence electrons. The third-order valence-corrected chi connectivity index (χ3v) is 13.5. The Hall–Kier alpha value is -3.16.